The average Bonchev–Trinajstić information content (AvgIpc) is 3.02. The predicted molar refractivity (Wildman–Crippen MR) is 66.2 cm³/mol. The van der Waals surface area contributed by atoms with E-state index in [0.717, 1.165) is 19.3 Å². The normalized spacial score (nSPS) is 29.5. The Morgan fingerprint density at radius 1 is 1.37 bits per heavy atom. The van der Waals surface area contributed by atoms with Crippen molar-refractivity contribution >= 4 is 11.9 Å². The fourth-order valence-electron chi connectivity index (χ4n) is 3.50. The van der Waals surface area contributed by atoms with Crippen molar-refractivity contribution in [3.05, 3.63) is 18.5 Å². The second-order valence-electron chi connectivity index (χ2n) is 5.39. The monoisotopic (exact) mass is 263 g/mol. The average molecular weight is 263 g/mol. The van der Waals surface area contributed by atoms with Crippen LogP contribution in [0.25, 0.3) is 0 Å². The Bertz CT molecular complexity index is 485. The van der Waals surface area contributed by atoms with Crippen LogP contribution in [-0.4, -0.2) is 44.3 Å². The van der Waals surface area contributed by atoms with Crippen molar-refractivity contribution in [3.8, 4) is 0 Å². The molecule has 2 heterocycles. The van der Waals surface area contributed by atoms with Gasteiger partial charge in [0.15, 0.2) is 0 Å². The maximum absolute atomic E-state index is 12.3. The molecule has 1 aromatic heterocycles. The Morgan fingerprint density at radius 2 is 2.21 bits per heavy atom. The van der Waals surface area contributed by atoms with Crippen LogP contribution in [0.5, 0.6) is 0 Å². The minimum absolute atomic E-state index is 0.121. The Morgan fingerprint density at radius 3 is 2.89 bits per heavy atom. The molecule has 2 aliphatic rings. The van der Waals surface area contributed by atoms with Crippen molar-refractivity contribution in [2.45, 2.75) is 31.8 Å². The SMILES string of the molecule is O=C(O)C1C2CCCC2CN1C(=O)Cn1cccn1. The van der Waals surface area contributed by atoms with Gasteiger partial charge in [0, 0.05) is 18.9 Å². The number of carboxylic acid groups (broad SMARTS) is 1. The molecule has 2 fully saturated rings. The largest absolute Gasteiger partial charge is 0.480 e. The number of nitrogens with zero attached hydrogens (tertiary/aromatic N) is 3. The van der Waals surface area contributed by atoms with E-state index in [-0.39, 0.29) is 18.4 Å². The van der Waals surface area contributed by atoms with Gasteiger partial charge in [-0.15, -0.1) is 0 Å². The number of rotatable bonds is 3. The fraction of sp³-hybridized carbons (Fsp3) is 0.615. The lowest BCUT2D eigenvalue weighted by Gasteiger charge is -2.24. The molecule has 1 saturated carbocycles. The summed E-state index contributed by atoms with van der Waals surface area (Å²) in [5.74, 6) is -0.518. The van der Waals surface area contributed by atoms with Crippen molar-refractivity contribution in [3.63, 3.8) is 0 Å². The van der Waals surface area contributed by atoms with Gasteiger partial charge in [-0.05, 0) is 30.7 Å². The highest BCUT2D eigenvalue weighted by atomic mass is 16.4. The topological polar surface area (TPSA) is 75.4 Å². The number of carbonyl (C=O) groups is 2. The minimum atomic E-state index is -0.872. The highest BCUT2D eigenvalue weighted by Crippen LogP contribution is 2.42. The molecule has 1 aliphatic heterocycles. The number of fused-ring (bicyclic) bond motifs is 1. The van der Waals surface area contributed by atoms with Crippen LogP contribution in [0.15, 0.2) is 18.5 Å². The molecule has 1 aromatic rings. The van der Waals surface area contributed by atoms with E-state index in [9.17, 15) is 14.7 Å². The lowest BCUT2D eigenvalue weighted by molar-refractivity contribution is -0.150. The van der Waals surface area contributed by atoms with Crippen LogP contribution in [0.2, 0.25) is 0 Å². The lowest BCUT2D eigenvalue weighted by Crippen LogP contribution is -2.44. The maximum Gasteiger partial charge on any atom is 0.326 e. The first-order chi connectivity index (χ1) is 9.16. The molecule has 0 bridgehead atoms. The van der Waals surface area contributed by atoms with E-state index in [2.05, 4.69) is 5.10 Å². The molecule has 1 saturated heterocycles. The third-order valence-corrected chi connectivity index (χ3v) is 4.32. The van der Waals surface area contributed by atoms with Crippen LogP contribution in [0, 0.1) is 11.8 Å². The molecule has 6 nitrogen and oxygen atoms in total. The van der Waals surface area contributed by atoms with Gasteiger partial charge in [-0.1, -0.05) is 6.42 Å². The minimum Gasteiger partial charge on any atom is -0.480 e. The quantitative estimate of drug-likeness (QED) is 0.866. The summed E-state index contributed by atoms with van der Waals surface area (Å²) in [5.41, 5.74) is 0. The number of hydrogen-bond donors (Lipinski definition) is 1. The zero-order valence-corrected chi connectivity index (χ0v) is 10.6. The molecule has 1 N–H and O–H groups in total. The fourth-order valence-corrected chi connectivity index (χ4v) is 3.50. The first-order valence-electron chi connectivity index (χ1n) is 6.66. The Kier molecular flexibility index (Phi) is 3.00. The number of amides is 1. The van der Waals surface area contributed by atoms with Gasteiger partial charge in [-0.2, -0.15) is 5.10 Å². The number of hydrogen-bond acceptors (Lipinski definition) is 3. The van der Waals surface area contributed by atoms with Crippen LogP contribution >= 0.6 is 0 Å². The van der Waals surface area contributed by atoms with E-state index in [0.29, 0.717) is 12.5 Å². The van der Waals surface area contributed by atoms with E-state index in [1.807, 2.05) is 0 Å². The summed E-state index contributed by atoms with van der Waals surface area (Å²) < 4.78 is 1.54. The number of carbonyl (C=O) groups excluding carboxylic acids is 1. The van der Waals surface area contributed by atoms with Crippen LogP contribution in [0.4, 0.5) is 0 Å². The summed E-state index contributed by atoms with van der Waals surface area (Å²) in [4.78, 5) is 25.2. The van der Waals surface area contributed by atoms with Gasteiger partial charge in [0.05, 0.1) is 0 Å². The van der Waals surface area contributed by atoms with Crippen LogP contribution in [-0.2, 0) is 16.1 Å². The van der Waals surface area contributed by atoms with E-state index in [4.69, 9.17) is 0 Å². The number of likely N-dealkylation sites (tertiary alicyclic amines) is 1. The van der Waals surface area contributed by atoms with E-state index >= 15 is 0 Å². The summed E-state index contributed by atoms with van der Waals surface area (Å²) >= 11 is 0. The summed E-state index contributed by atoms with van der Waals surface area (Å²) in [6.07, 6.45) is 6.37. The molecule has 1 amide bonds. The molecule has 1 aliphatic carbocycles. The van der Waals surface area contributed by atoms with Gasteiger partial charge in [-0.25, -0.2) is 4.79 Å². The van der Waals surface area contributed by atoms with Crippen LogP contribution < -0.4 is 0 Å². The Hall–Kier alpha value is -1.85. The molecule has 0 aromatic carbocycles. The van der Waals surface area contributed by atoms with Crippen LogP contribution in [0.3, 0.4) is 0 Å². The Balaban J connectivity index is 1.76. The maximum atomic E-state index is 12.3. The Labute approximate surface area is 111 Å². The summed E-state index contributed by atoms with van der Waals surface area (Å²) in [7, 11) is 0. The third-order valence-electron chi connectivity index (χ3n) is 4.32. The molecule has 3 rings (SSSR count). The molecule has 3 unspecified atom stereocenters. The van der Waals surface area contributed by atoms with Gasteiger partial charge in [-0.3, -0.25) is 9.48 Å². The molecule has 102 valence electrons. The van der Waals surface area contributed by atoms with E-state index < -0.39 is 12.0 Å². The van der Waals surface area contributed by atoms with E-state index in [1.165, 1.54) is 4.68 Å². The van der Waals surface area contributed by atoms with Crippen molar-refractivity contribution in [2.75, 3.05) is 6.54 Å². The zero-order chi connectivity index (χ0) is 13.4. The third kappa shape index (κ3) is 2.11. The second kappa shape index (κ2) is 4.68. The first kappa shape index (κ1) is 12.2. The van der Waals surface area contributed by atoms with Gasteiger partial charge >= 0.3 is 5.97 Å². The van der Waals surface area contributed by atoms with Gasteiger partial charge in [0.2, 0.25) is 5.91 Å². The first-order valence-corrected chi connectivity index (χ1v) is 6.66. The van der Waals surface area contributed by atoms with Crippen molar-refractivity contribution in [2.24, 2.45) is 11.8 Å². The van der Waals surface area contributed by atoms with Crippen molar-refractivity contribution < 1.29 is 14.7 Å². The smallest absolute Gasteiger partial charge is 0.326 e. The van der Waals surface area contributed by atoms with Gasteiger partial charge in [0.25, 0.3) is 0 Å². The molecule has 19 heavy (non-hydrogen) atoms. The molecule has 3 atom stereocenters. The summed E-state index contributed by atoms with van der Waals surface area (Å²) in [6, 6.07) is 1.11. The number of aromatic nitrogens is 2. The van der Waals surface area contributed by atoms with E-state index in [1.54, 1.807) is 23.4 Å². The molecular formula is C13H17N3O3. The zero-order valence-electron chi connectivity index (χ0n) is 10.6. The van der Waals surface area contributed by atoms with Crippen molar-refractivity contribution in [1.82, 2.24) is 14.7 Å². The summed E-state index contributed by atoms with van der Waals surface area (Å²) in [5, 5.41) is 13.4. The lowest BCUT2D eigenvalue weighted by atomic mass is 9.94. The predicted octanol–water partition coefficient (Wildman–Crippen LogP) is 0.595. The number of aliphatic carboxylic acids is 1. The standard InChI is InChI=1S/C13H17N3O3/c17-11(8-15-6-2-5-14-15)16-7-9-3-1-4-10(9)12(16)13(18)19/h2,5-6,9-10,12H,1,3-4,7-8H2,(H,18,19). The molecular weight excluding hydrogens is 246 g/mol. The van der Waals surface area contributed by atoms with Gasteiger partial charge in [0.1, 0.15) is 12.6 Å². The highest BCUT2D eigenvalue weighted by molar-refractivity contribution is 5.84. The van der Waals surface area contributed by atoms with Crippen molar-refractivity contribution in [1.29, 1.82) is 0 Å². The number of carboxylic acids is 1. The summed E-state index contributed by atoms with van der Waals surface area (Å²) in [6.45, 7) is 0.706. The van der Waals surface area contributed by atoms with Crippen LogP contribution in [0.1, 0.15) is 19.3 Å². The second-order valence-corrected chi connectivity index (χ2v) is 5.39. The molecule has 6 heteroatoms. The molecule has 0 spiro atoms. The highest BCUT2D eigenvalue weighted by Gasteiger charge is 2.49. The molecule has 0 radical (unpaired) electrons. The van der Waals surface area contributed by atoms with Gasteiger partial charge < -0.3 is 10.0 Å².